The van der Waals surface area contributed by atoms with Crippen LogP contribution in [0.15, 0.2) is 24.3 Å². The molecule has 1 saturated heterocycles. The fourth-order valence-corrected chi connectivity index (χ4v) is 4.08. The van der Waals surface area contributed by atoms with E-state index in [1.165, 1.54) is 11.4 Å². The van der Waals surface area contributed by atoms with Crippen molar-refractivity contribution in [1.29, 1.82) is 0 Å². The van der Waals surface area contributed by atoms with E-state index in [0.29, 0.717) is 30.8 Å². The van der Waals surface area contributed by atoms with Gasteiger partial charge in [-0.15, -0.1) is 0 Å². The molecule has 1 N–H and O–H groups in total. The monoisotopic (exact) mass is 389 g/mol. The zero-order chi connectivity index (χ0) is 18.8. The third-order valence-corrected chi connectivity index (χ3v) is 6.67. The highest BCUT2D eigenvalue weighted by atomic mass is 32.2. The normalized spacial score (nSPS) is 19.4. The van der Waals surface area contributed by atoms with E-state index in [2.05, 4.69) is 5.32 Å². The maximum absolute atomic E-state index is 12.5. The smallest absolute Gasteiger partial charge is 0.231 e. The molecule has 140 valence electrons. The van der Waals surface area contributed by atoms with Crippen LogP contribution < -0.4 is 9.62 Å². The van der Waals surface area contributed by atoms with Gasteiger partial charge in [0.15, 0.2) is 0 Å². The van der Waals surface area contributed by atoms with Gasteiger partial charge in [0.25, 0.3) is 0 Å². The summed E-state index contributed by atoms with van der Waals surface area (Å²) in [4.78, 5) is 12.5. The second-order valence-corrected chi connectivity index (χ2v) is 10.2. The summed E-state index contributed by atoms with van der Waals surface area (Å²) in [5.41, 5.74) is 0.899. The predicted molar refractivity (Wildman–Crippen MR) is 97.5 cm³/mol. The van der Waals surface area contributed by atoms with Crippen LogP contribution in [0.3, 0.4) is 0 Å². The lowest BCUT2D eigenvalue weighted by Crippen LogP contribution is -2.43. The van der Waals surface area contributed by atoms with Crippen molar-refractivity contribution in [2.45, 2.75) is 12.8 Å². The van der Waals surface area contributed by atoms with Crippen molar-refractivity contribution in [3.63, 3.8) is 0 Å². The summed E-state index contributed by atoms with van der Waals surface area (Å²) in [6, 6.07) is 6.50. The van der Waals surface area contributed by atoms with Gasteiger partial charge in [0, 0.05) is 25.8 Å². The molecule has 0 radical (unpaired) electrons. The minimum absolute atomic E-state index is 0.160. The number of amides is 1. The molecule has 1 aromatic carbocycles. The molecule has 25 heavy (non-hydrogen) atoms. The molecule has 0 bridgehead atoms. The third kappa shape index (κ3) is 5.16. The molecule has 0 saturated carbocycles. The van der Waals surface area contributed by atoms with Crippen LogP contribution in [0.2, 0.25) is 0 Å². The fourth-order valence-electron chi connectivity index (χ4n) is 2.67. The first-order valence-electron chi connectivity index (χ1n) is 7.78. The fraction of sp³-hybridized carbons (Fsp3) is 0.533. The average Bonchev–Trinajstić information content (AvgIpc) is 2.53. The van der Waals surface area contributed by atoms with Crippen LogP contribution in [-0.4, -0.2) is 59.7 Å². The largest absolute Gasteiger partial charge is 0.326 e. The SMILES string of the molecule is CN(c1cccc(NC(=O)[C@@H]2CCCN(S(C)(=O)=O)C2)c1)S(C)(=O)=O. The molecule has 2 rings (SSSR count). The van der Waals surface area contributed by atoms with Crippen molar-refractivity contribution in [3.05, 3.63) is 24.3 Å². The van der Waals surface area contributed by atoms with Gasteiger partial charge in [-0.05, 0) is 31.0 Å². The first-order valence-corrected chi connectivity index (χ1v) is 11.5. The number of anilines is 2. The Hall–Kier alpha value is -1.65. The van der Waals surface area contributed by atoms with Gasteiger partial charge in [0.2, 0.25) is 26.0 Å². The summed E-state index contributed by atoms with van der Waals surface area (Å²) < 4.78 is 49.0. The van der Waals surface area contributed by atoms with Crippen LogP contribution in [0, 0.1) is 5.92 Å². The molecule has 1 aromatic rings. The number of piperidine rings is 1. The Bertz CT molecular complexity index is 852. The van der Waals surface area contributed by atoms with Gasteiger partial charge in [0.1, 0.15) is 0 Å². The zero-order valence-corrected chi connectivity index (χ0v) is 16.1. The topological polar surface area (TPSA) is 104 Å². The number of rotatable bonds is 5. The highest BCUT2D eigenvalue weighted by molar-refractivity contribution is 7.92. The van der Waals surface area contributed by atoms with Gasteiger partial charge in [-0.2, -0.15) is 0 Å². The quantitative estimate of drug-likeness (QED) is 0.798. The minimum atomic E-state index is -3.40. The number of carbonyl (C=O) groups excluding carboxylic acids is 1. The molecule has 0 spiro atoms. The van der Waals surface area contributed by atoms with Gasteiger partial charge in [-0.25, -0.2) is 21.1 Å². The van der Waals surface area contributed by atoms with E-state index >= 15 is 0 Å². The molecule has 1 atom stereocenters. The maximum Gasteiger partial charge on any atom is 0.231 e. The summed E-state index contributed by atoms with van der Waals surface area (Å²) in [6.45, 7) is 0.588. The Morgan fingerprint density at radius 1 is 1.24 bits per heavy atom. The van der Waals surface area contributed by atoms with E-state index < -0.39 is 26.0 Å². The third-order valence-electron chi connectivity index (χ3n) is 4.20. The Kier molecular flexibility index (Phi) is 5.75. The van der Waals surface area contributed by atoms with Crippen molar-refractivity contribution < 1.29 is 21.6 Å². The molecule has 1 amide bonds. The lowest BCUT2D eigenvalue weighted by atomic mass is 9.98. The van der Waals surface area contributed by atoms with Crippen molar-refractivity contribution >= 4 is 37.3 Å². The molecule has 1 fully saturated rings. The highest BCUT2D eigenvalue weighted by Crippen LogP contribution is 2.23. The van der Waals surface area contributed by atoms with Crippen LogP contribution >= 0.6 is 0 Å². The van der Waals surface area contributed by atoms with E-state index in [-0.39, 0.29) is 12.5 Å². The van der Waals surface area contributed by atoms with Gasteiger partial charge in [0.05, 0.1) is 24.1 Å². The van der Waals surface area contributed by atoms with E-state index in [9.17, 15) is 21.6 Å². The summed E-state index contributed by atoms with van der Waals surface area (Å²) in [6.07, 6.45) is 3.47. The van der Waals surface area contributed by atoms with Crippen molar-refractivity contribution in [3.8, 4) is 0 Å². The molecule has 8 nitrogen and oxygen atoms in total. The Morgan fingerprint density at radius 2 is 1.92 bits per heavy atom. The second kappa shape index (κ2) is 7.30. The van der Waals surface area contributed by atoms with E-state index in [1.807, 2.05) is 0 Å². The standard InChI is InChI=1S/C15H23N3O5S2/c1-17(24(2,20)21)14-8-4-7-13(10-14)16-15(19)12-6-5-9-18(11-12)25(3,22)23/h4,7-8,10,12H,5-6,9,11H2,1-3H3,(H,16,19)/t12-/m1/s1. The van der Waals surface area contributed by atoms with Gasteiger partial charge in [-0.3, -0.25) is 9.10 Å². The highest BCUT2D eigenvalue weighted by Gasteiger charge is 2.30. The lowest BCUT2D eigenvalue weighted by molar-refractivity contribution is -0.120. The summed E-state index contributed by atoms with van der Waals surface area (Å²) in [7, 11) is -5.29. The molecule has 0 aliphatic carbocycles. The van der Waals surface area contributed by atoms with E-state index in [0.717, 1.165) is 16.8 Å². The summed E-state index contributed by atoms with van der Waals surface area (Å²) in [5.74, 6) is -0.702. The number of nitrogens with one attached hydrogen (secondary N) is 1. The number of hydrogen-bond acceptors (Lipinski definition) is 5. The van der Waals surface area contributed by atoms with Crippen LogP contribution in [-0.2, 0) is 24.8 Å². The molecule has 0 unspecified atom stereocenters. The van der Waals surface area contributed by atoms with Gasteiger partial charge >= 0.3 is 0 Å². The molecular formula is C15H23N3O5S2. The van der Waals surface area contributed by atoms with Crippen LogP contribution in [0.4, 0.5) is 11.4 Å². The number of nitrogens with zero attached hydrogens (tertiary/aromatic N) is 2. The molecule has 0 aromatic heterocycles. The second-order valence-electron chi connectivity index (χ2n) is 6.23. The number of carbonyl (C=O) groups is 1. The Labute approximate surface area is 148 Å². The first-order chi connectivity index (χ1) is 11.5. The van der Waals surface area contributed by atoms with Crippen LogP contribution in [0.5, 0.6) is 0 Å². The molecule has 10 heteroatoms. The van der Waals surface area contributed by atoms with Crippen LogP contribution in [0.1, 0.15) is 12.8 Å². The predicted octanol–water partition coefficient (Wildman–Crippen LogP) is 0.692. The number of sulfonamides is 2. The Morgan fingerprint density at radius 3 is 2.52 bits per heavy atom. The first kappa shape index (κ1) is 19.7. The van der Waals surface area contributed by atoms with E-state index in [4.69, 9.17) is 0 Å². The zero-order valence-electron chi connectivity index (χ0n) is 14.5. The maximum atomic E-state index is 12.5. The van der Waals surface area contributed by atoms with Gasteiger partial charge in [-0.1, -0.05) is 6.07 Å². The van der Waals surface area contributed by atoms with Crippen molar-refractivity contribution in [2.24, 2.45) is 5.92 Å². The Balaban J connectivity index is 2.11. The lowest BCUT2D eigenvalue weighted by Gasteiger charge is -2.30. The molecular weight excluding hydrogens is 366 g/mol. The molecule has 1 aliphatic heterocycles. The van der Waals surface area contributed by atoms with Gasteiger partial charge < -0.3 is 5.32 Å². The minimum Gasteiger partial charge on any atom is -0.326 e. The average molecular weight is 389 g/mol. The summed E-state index contributed by atoms with van der Waals surface area (Å²) in [5, 5.41) is 2.75. The molecule has 1 aliphatic rings. The summed E-state index contributed by atoms with van der Waals surface area (Å²) >= 11 is 0. The van der Waals surface area contributed by atoms with Crippen molar-refractivity contribution in [2.75, 3.05) is 42.3 Å². The van der Waals surface area contributed by atoms with Crippen LogP contribution in [0.25, 0.3) is 0 Å². The molecule has 1 heterocycles. The number of benzene rings is 1. The number of hydrogen-bond donors (Lipinski definition) is 1. The van der Waals surface area contributed by atoms with E-state index in [1.54, 1.807) is 24.3 Å². The van der Waals surface area contributed by atoms with Crippen molar-refractivity contribution in [1.82, 2.24) is 4.31 Å².